The van der Waals surface area contributed by atoms with Gasteiger partial charge in [0.25, 0.3) is 0 Å². The van der Waals surface area contributed by atoms with E-state index in [1.165, 1.54) is 25.7 Å². The summed E-state index contributed by atoms with van der Waals surface area (Å²) < 4.78 is 0. The third kappa shape index (κ3) is 10.3. The van der Waals surface area contributed by atoms with Crippen molar-refractivity contribution in [3.05, 3.63) is 0 Å². The first kappa shape index (κ1) is 16.4. The van der Waals surface area contributed by atoms with Crippen LogP contribution in [-0.4, -0.2) is 30.9 Å². The molecule has 17 heavy (non-hydrogen) atoms. The van der Waals surface area contributed by atoms with Crippen LogP contribution in [0.2, 0.25) is 0 Å². The zero-order valence-corrected chi connectivity index (χ0v) is 11.7. The van der Waals surface area contributed by atoms with Crippen molar-refractivity contribution in [2.45, 2.75) is 64.7 Å². The van der Waals surface area contributed by atoms with Crippen molar-refractivity contribution in [3.63, 3.8) is 0 Å². The molecule has 0 aromatic carbocycles. The zero-order chi connectivity index (χ0) is 12.9. The first-order chi connectivity index (χ1) is 8.22. The van der Waals surface area contributed by atoms with Gasteiger partial charge in [-0.2, -0.15) is 0 Å². The molecule has 0 spiro atoms. The number of hydrogen-bond acceptors (Lipinski definition) is 2. The molecule has 0 aliphatic rings. The Morgan fingerprint density at radius 3 is 2.18 bits per heavy atom. The average molecular weight is 242 g/mol. The molecular weight excluding hydrogens is 212 g/mol. The second-order valence-corrected chi connectivity index (χ2v) is 4.83. The summed E-state index contributed by atoms with van der Waals surface area (Å²) in [4.78, 5) is 13.6. The summed E-state index contributed by atoms with van der Waals surface area (Å²) in [6.07, 6.45) is 10.1. The van der Waals surface area contributed by atoms with E-state index >= 15 is 0 Å². The van der Waals surface area contributed by atoms with Crippen LogP contribution in [-0.2, 0) is 4.79 Å². The van der Waals surface area contributed by atoms with Gasteiger partial charge in [-0.15, -0.1) is 0 Å². The lowest BCUT2D eigenvalue weighted by molar-refractivity contribution is -0.130. The normalized spacial score (nSPS) is 10.5. The summed E-state index contributed by atoms with van der Waals surface area (Å²) in [5, 5.41) is 0. The van der Waals surface area contributed by atoms with Crippen molar-refractivity contribution < 1.29 is 4.79 Å². The Morgan fingerprint density at radius 1 is 1.00 bits per heavy atom. The fourth-order valence-corrected chi connectivity index (χ4v) is 1.84. The second kappa shape index (κ2) is 11.9. The Labute approximate surface area is 107 Å². The van der Waals surface area contributed by atoms with Gasteiger partial charge in [0.2, 0.25) is 5.91 Å². The van der Waals surface area contributed by atoms with Crippen LogP contribution in [0.4, 0.5) is 0 Å². The van der Waals surface area contributed by atoms with E-state index in [9.17, 15) is 4.79 Å². The van der Waals surface area contributed by atoms with Gasteiger partial charge in [0.05, 0.1) is 0 Å². The van der Waals surface area contributed by atoms with Crippen LogP contribution in [0.1, 0.15) is 64.7 Å². The van der Waals surface area contributed by atoms with Gasteiger partial charge in [0.1, 0.15) is 0 Å². The maximum atomic E-state index is 11.7. The van der Waals surface area contributed by atoms with Crippen LogP contribution in [0.15, 0.2) is 0 Å². The molecule has 1 amide bonds. The topological polar surface area (TPSA) is 46.3 Å². The molecule has 0 rings (SSSR count). The predicted octanol–water partition coefficient (Wildman–Crippen LogP) is 2.93. The Morgan fingerprint density at radius 2 is 1.59 bits per heavy atom. The predicted molar refractivity (Wildman–Crippen MR) is 73.9 cm³/mol. The Hall–Kier alpha value is -0.570. The summed E-state index contributed by atoms with van der Waals surface area (Å²) in [6.45, 7) is 3.87. The SMILES string of the molecule is CCCCN(C)C(=O)CCCCCCCCN. The van der Waals surface area contributed by atoms with Crippen molar-refractivity contribution in [2.75, 3.05) is 20.1 Å². The average Bonchev–Trinajstić information content (AvgIpc) is 2.34. The number of nitrogens with zero attached hydrogens (tertiary/aromatic N) is 1. The molecule has 0 aromatic heterocycles. The highest BCUT2D eigenvalue weighted by molar-refractivity contribution is 5.75. The minimum absolute atomic E-state index is 0.306. The lowest BCUT2D eigenvalue weighted by atomic mass is 10.1. The summed E-state index contributed by atoms with van der Waals surface area (Å²) in [7, 11) is 1.92. The van der Waals surface area contributed by atoms with E-state index in [4.69, 9.17) is 5.73 Å². The van der Waals surface area contributed by atoms with Gasteiger partial charge in [-0.1, -0.05) is 39.0 Å². The lowest BCUT2D eigenvalue weighted by Crippen LogP contribution is -2.27. The first-order valence-electron chi connectivity index (χ1n) is 7.16. The van der Waals surface area contributed by atoms with E-state index in [0.29, 0.717) is 5.91 Å². The van der Waals surface area contributed by atoms with E-state index < -0.39 is 0 Å². The van der Waals surface area contributed by atoms with E-state index in [-0.39, 0.29) is 0 Å². The minimum Gasteiger partial charge on any atom is -0.346 e. The standard InChI is InChI=1S/C14H30N2O/c1-3-4-13-16(2)14(17)11-9-7-5-6-8-10-12-15/h3-13,15H2,1-2H3. The fraction of sp³-hybridized carbons (Fsp3) is 0.929. The van der Waals surface area contributed by atoms with Gasteiger partial charge < -0.3 is 10.6 Å². The molecule has 0 aliphatic heterocycles. The van der Waals surface area contributed by atoms with Crippen molar-refractivity contribution >= 4 is 5.91 Å². The Kier molecular flexibility index (Phi) is 11.5. The molecule has 0 radical (unpaired) electrons. The van der Waals surface area contributed by atoms with Gasteiger partial charge in [-0.25, -0.2) is 0 Å². The van der Waals surface area contributed by atoms with Crippen LogP contribution in [0.3, 0.4) is 0 Å². The monoisotopic (exact) mass is 242 g/mol. The summed E-state index contributed by atoms with van der Waals surface area (Å²) in [6, 6.07) is 0. The number of hydrogen-bond donors (Lipinski definition) is 1. The number of carbonyl (C=O) groups is 1. The lowest BCUT2D eigenvalue weighted by Gasteiger charge is -2.16. The molecule has 0 unspecified atom stereocenters. The number of rotatable bonds is 11. The first-order valence-corrected chi connectivity index (χ1v) is 7.16. The molecule has 0 fully saturated rings. The molecule has 0 bridgehead atoms. The number of carbonyl (C=O) groups excluding carboxylic acids is 1. The Bertz CT molecular complexity index is 183. The highest BCUT2D eigenvalue weighted by Gasteiger charge is 2.06. The minimum atomic E-state index is 0.306. The van der Waals surface area contributed by atoms with Gasteiger partial charge in [0.15, 0.2) is 0 Å². The maximum absolute atomic E-state index is 11.7. The second-order valence-electron chi connectivity index (χ2n) is 4.83. The summed E-state index contributed by atoms with van der Waals surface area (Å²) in [5.74, 6) is 0.306. The summed E-state index contributed by atoms with van der Waals surface area (Å²) >= 11 is 0. The fourth-order valence-electron chi connectivity index (χ4n) is 1.84. The molecule has 2 N–H and O–H groups in total. The number of unbranched alkanes of at least 4 members (excludes halogenated alkanes) is 6. The molecule has 0 aliphatic carbocycles. The van der Waals surface area contributed by atoms with E-state index in [2.05, 4.69) is 6.92 Å². The smallest absolute Gasteiger partial charge is 0.222 e. The van der Waals surface area contributed by atoms with Crippen molar-refractivity contribution in [2.24, 2.45) is 5.73 Å². The number of nitrogens with two attached hydrogens (primary N) is 1. The van der Waals surface area contributed by atoms with E-state index in [0.717, 1.165) is 45.2 Å². The van der Waals surface area contributed by atoms with Gasteiger partial charge in [0, 0.05) is 20.0 Å². The van der Waals surface area contributed by atoms with E-state index in [1.807, 2.05) is 11.9 Å². The Balaban J connectivity index is 3.32. The molecule has 0 heterocycles. The van der Waals surface area contributed by atoms with Crippen LogP contribution >= 0.6 is 0 Å². The quantitative estimate of drug-likeness (QED) is 0.566. The largest absolute Gasteiger partial charge is 0.346 e. The third-order valence-corrected chi connectivity index (χ3v) is 3.12. The molecule has 0 saturated carbocycles. The molecule has 102 valence electrons. The number of amides is 1. The van der Waals surface area contributed by atoms with Crippen molar-refractivity contribution in [3.8, 4) is 0 Å². The molecule has 3 heteroatoms. The van der Waals surface area contributed by atoms with E-state index in [1.54, 1.807) is 0 Å². The van der Waals surface area contributed by atoms with Crippen molar-refractivity contribution in [1.29, 1.82) is 0 Å². The third-order valence-electron chi connectivity index (χ3n) is 3.12. The highest BCUT2D eigenvalue weighted by atomic mass is 16.2. The van der Waals surface area contributed by atoms with Crippen LogP contribution in [0.25, 0.3) is 0 Å². The molecule has 3 nitrogen and oxygen atoms in total. The maximum Gasteiger partial charge on any atom is 0.222 e. The highest BCUT2D eigenvalue weighted by Crippen LogP contribution is 2.08. The molecule has 0 saturated heterocycles. The zero-order valence-electron chi connectivity index (χ0n) is 11.7. The molecule has 0 atom stereocenters. The summed E-state index contributed by atoms with van der Waals surface area (Å²) in [5.41, 5.74) is 5.43. The van der Waals surface area contributed by atoms with Crippen LogP contribution < -0.4 is 5.73 Å². The van der Waals surface area contributed by atoms with Gasteiger partial charge in [-0.3, -0.25) is 4.79 Å². The molecule has 0 aromatic rings. The van der Waals surface area contributed by atoms with Gasteiger partial charge >= 0.3 is 0 Å². The van der Waals surface area contributed by atoms with Crippen LogP contribution in [0, 0.1) is 0 Å². The van der Waals surface area contributed by atoms with Gasteiger partial charge in [-0.05, 0) is 25.8 Å². The van der Waals surface area contributed by atoms with Crippen LogP contribution in [0.5, 0.6) is 0 Å². The molecular formula is C14H30N2O. The van der Waals surface area contributed by atoms with Crippen molar-refractivity contribution in [1.82, 2.24) is 4.90 Å².